The Kier molecular flexibility index (Phi) is 6.98. The number of aromatic nitrogens is 1. The average molecular weight is 420 g/mol. The number of fused-ring (bicyclic) bond motifs is 1. The van der Waals surface area contributed by atoms with Crippen molar-refractivity contribution in [3.63, 3.8) is 0 Å². The predicted octanol–water partition coefficient (Wildman–Crippen LogP) is 5.67. The largest absolute Gasteiger partial charge is 0.361 e. The van der Waals surface area contributed by atoms with Crippen LogP contribution in [0, 0.1) is 0 Å². The Hall–Kier alpha value is -2.01. The molecule has 1 N–H and O–H groups in total. The van der Waals surface area contributed by atoms with Crippen LogP contribution < -0.4 is 0 Å². The molecule has 30 heavy (non-hydrogen) atoms. The summed E-state index contributed by atoms with van der Waals surface area (Å²) in [5, 5.41) is 1.40. The zero-order chi connectivity index (χ0) is 20.9. The number of aromatic amines is 1. The van der Waals surface area contributed by atoms with Gasteiger partial charge in [-0.3, -0.25) is 4.90 Å². The number of likely N-dealkylation sites (tertiary alicyclic amines) is 1. The molecule has 158 valence electrons. The van der Waals surface area contributed by atoms with Gasteiger partial charge in [-0.1, -0.05) is 36.9 Å². The monoisotopic (exact) mass is 419 g/mol. The maximum absolute atomic E-state index is 3.96. The van der Waals surface area contributed by atoms with Gasteiger partial charge in [-0.15, -0.1) is 11.8 Å². The molecule has 0 spiro atoms. The minimum atomic E-state index is 0.649. The van der Waals surface area contributed by atoms with Gasteiger partial charge in [0, 0.05) is 47.7 Å². The molecular formula is C26H33N3S. The van der Waals surface area contributed by atoms with Gasteiger partial charge in [0.1, 0.15) is 0 Å². The summed E-state index contributed by atoms with van der Waals surface area (Å²) in [5.41, 5.74) is 5.32. The predicted molar refractivity (Wildman–Crippen MR) is 131 cm³/mol. The highest BCUT2D eigenvalue weighted by molar-refractivity contribution is 7.98. The lowest BCUT2D eigenvalue weighted by Gasteiger charge is -2.27. The Labute approximate surface area is 185 Å². The second-order valence-electron chi connectivity index (χ2n) is 8.40. The summed E-state index contributed by atoms with van der Waals surface area (Å²) in [5.74, 6) is 0. The molecule has 2 heterocycles. The number of nitrogens with one attached hydrogen (secondary N) is 1. The van der Waals surface area contributed by atoms with Crippen molar-refractivity contribution in [2.75, 3.05) is 32.9 Å². The molecule has 1 aliphatic heterocycles. The van der Waals surface area contributed by atoms with Crippen LogP contribution in [0.5, 0.6) is 0 Å². The van der Waals surface area contributed by atoms with Gasteiger partial charge in [0.25, 0.3) is 0 Å². The van der Waals surface area contributed by atoms with Crippen LogP contribution in [0.3, 0.4) is 0 Å². The maximum Gasteiger partial charge on any atom is 0.0457 e. The van der Waals surface area contributed by atoms with Crippen molar-refractivity contribution in [2.45, 2.75) is 36.7 Å². The van der Waals surface area contributed by atoms with E-state index in [4.69, 9.17) is 0 Å². The highest BCUT2D eigenvalue weighted by Gasteiger charge is 2.25. The van der Waals surface area contributed by atoms with Crippen molar-refractivity contribution in [1.29, 1.82) is 0 Å². The molecule has 1 aromatic heterocycles. The van der Waals surface area contributed by atoms with Crippen LogP contribution in [0.4, 0.5) is 0 Å². The molecule has 3 nitrogen and oxygen atoms in total. The number of thioether (sulfide) groups is 1. The first-order valence-electron chi connectivity index (χ1n) is 10.9. The Morgan fingerprint density at radius 3 is 2.93 bits per heavy atom. The minimum absolute atomic E-state index is 0.649. The highest BCUT2D eigenvalue weighted by Crippen LogP contribution is 2.28. The first-order chi connectivity index (χ1) is 14.7. The Morgan fingerprint density at radius 2 is 2.10 bits per heavy atom. The fraction of sp³-hybridized carbons (Fsp3) is 0.385. The van der Waals surface area contributed by atoms with Crippen molar-refractivity contribution < 1.29 is 0 Å². The molecule has 4 heteroatoms. The van der Waals surface area contributed by atoms with E-state index in [1.807, 2.05) is 17.8 Å². The number of H-pyrrole nitrogens is 1. The molecular weight excluding hydrogens is 386 g/mol. The molecule has 0 aliphatic carbocycles. The molecule has 1 unspecified atom stereocenters. The van der Waals surface area contributed by atoms with E-state index in [1.165, 1.54) is 51.9 Å². The molecule has 0 amide bonds. The summed E-state index contributed by atoms with van der Waals surface area (Å²) in [7, 11) is 2.23. The summed E-state index contributed by atoms with van der Waals surface area (Å²) in [4.78, 5) is 9.95. The molecule has 0 radical (unpaired) electrons. The van der Waals surface area contributed by atoms with Gasteiger partial charge in [0.15, 0.2) is 0 Å². The molecule has 3 aromatic rings. The van der Waals surface area contributed by atoms with Crippen molar-refractivity contribution in [2.24, 2.45) is 0 Å². The first-order valence-corrected chi connectivity index (χ1v) is 12.2. The molecule has 1 saturated heterocycles. The van der Waals surface area contributed by atoms with Gasteiger partial charge >= 0.3 is 0 Å². The standard InChI is InChI=1S/C26H33N3S/c1-4-20-8-5-6-9-21(20)19-28(2)14-15-29-13-7-10-23(29)16-22-18-27-26-12-11-24(30-3)17-25(22)26/h4-6,8-9,11-12,17-18,23,27H,1,7,10,13-16,19H2,2-3H3. The van der Waals surface area contributed by atoms with Crippen LogP contribution in [0.2, 0.25) is 0 Å². The number of nitrogens with zero attached hydrogens (tertiary/aromatic N) is 2. The van der Waals surface area contributed by atoms with Crippen LogP contribution >= 0.6 is 11.8 Å². The number of hydrogen-bond donors (Lipinski definition) is 1. The lowest BCUT2D eigenvalue weighted by atomic mass is 10.0. The number of likely N-dealkylation sites (N-methyl/N-ethyl adjacent to an activating group) is 1. The third-order valence-corrected chi connectivity index (χ3v) is 7.14. The van der Waals surface area contributed by atoms with Crippen LogP contribution in [0.15, 0.2) is 60.1 Å². The summed E-state index contributed by atoms with van der Waals surface area (Å²) in [6.07, 6.45) is 10.1. The Balaban J connectivity index is 1.36. The van der Waals surface area contributed by atoms with E-state index in [0.29, 0.717) is 6.04 Å². The number of hydrogen-bond acceptors (Lipinski definition) is 3. The van der Waals surface area contributed by atoms with E-state index in [9.17, 15) is 0 Å². The smallest absolute Gasteiger partial charge is 0.0457 e. The molecule has 4 rings (SSSR count). The van der Waals surface area contributed by atoms with E-state index < -0.39 is 0 Å². The normalized spacial score (nSPS) is 17.2. The topological polar surface area (TPSA) is 22.3 Å². The van der Waals surface area contributed by atoms with Crippen LogP contribution in [-0.2, 0) is 13.0 Å². The second-order valence-corrected chi connectivity index (χ2v) is 9.28. The fourth-order valence-electron chi connectivity index (χ4n) is 4.67. The second kappa shape index (κ2) is 9.86. The van der Waals surface area contributed by atoms with Gasteiger partial charge in [-0.05, 0) is 74.0 Å². The third-order valence-electron chi connectivity index (χ3n) is 6.41. The first kappa shape index (κ1) is 21.2. The zero-order valence-corrected chi connectivity index (χ0v) is 19.0. The average Bonchev–Trinajstić information content (AvgIpc) is 3.39. The summed E-state index contributed by atoms with van der Waals surface area (Å²) < 4.78 is 0. The van der Waals surface area contributed by atoms with Crippen molar-refractivity contribution >= 4 is 28.7 Å². The lowest BCUT2D eigenvalue weighted by Crippen LogP contribution is -2.37. The van der Waals surface area contributed by atoms with E-state index in [1.54, 1.807) is 0 Å². The van der Waals surface area contributed by atoms with Gasteiger partial charge < -0.3 is 9.88 Å². The van der Waals surface area contributed by atoms with E-state index in [-0.39, 0.29) is 0 Å². The quantitative estimate of drug-likeness (QED) is 0.452. The van der Waals surface area contributed by atoms with Crippen molar-refractivity contribution in [3.8, 4) is 0 Å². The summed E-state index contributed by atoms with van der Waals surface area (Å²) in [6.45, 7) is 8.37. The van der Waals surface area contributed by atoms with Gasteiger partial charge in [0.05, 0.1) is 0 Å². The van der Waals surface area contributed by atoms with E-state index in [2.05, 4.69) is 83.3 Å². The molecule has 1 aliphatic rings. The van der Waals surface area contributed by atoms with Crippen molar-refractivity contribution in [3.05, 3.63) is 71.9 Å². The SMILES string of the molecule is C=Cc1ccccc1CN(C)CCN1CCCC1Cc1c[nH]c2ccc(SC)cc12. The van der Waals surface area contributed by atoms with Crippen molar-refractivity contribution in [1.82, 2.24) is 14.8 Å². The zero-order valence-electron chi connectivity index (χ0n) is 18.2. The molecule has 1 fully saturated rings. The van der Waals surface area contributed by atoms with Gasteiger partial charge in [-0.25, -0.2) is 0 Å². The molecule has 0 bridgehead atoms. The van der Waals surface area contributed by atoms with E-state index >= 15 is 0 Å². The maximum atomic E-state index is 3.96. The molecule has 2 aromatic carbocycles. The molecule has 0 saturated carbocycles. The molecule has 1 atom stereocenters. The third kappa shape index (κ3) is 4.83. The summed E-state index contributed by atoms with van der Waals surface area (Å²) >= 11 is 1.82. The van der Waals surface area contributed by atoms with Gasteiger partial charge in [0.2, 0.25) is 0 Å². The lowest BCUT2D eigenvalue weighted by molar-refractivity contribution is 0.208. The van der Waals surface area contributed by atoms with Gasteiger partial charge in [-0.2, -0.15) is 0 Å². The summed E-state index contributed by atoms with van der Waals surface area (Å²) in [6, 6.07) is 16.0. The minimum Gasteiger partial charge on any atom is -0.361 e. The Morgan fingerprint density at radius 1 is 1.23 bits per heavy atom. The highest BCUT2D eigenvalue weighted by atomic mass is 32.2. The number of rotatable bonds is 9. The van der Waals surface area contributed by atoms with E-state index in [0.717, 1.165) is 26.1 Å². The van der Waals surface area contributed by atoms with Crippen LogP contribution in [-0.4, -0.2) is 53.8 Å². The van der Waals surface area contributed by atoms with Crippen LogP contribution in [0.25, 0.3) is 17.0 Å². The Bertz CT molecular complexity index is 993. The van der Waals surface area contributed by atoms with Crippen LogP contribution in [0.1, 0.15) is 29.5 Å². The fourth-order valence-corrected chi connectivity index (χ4v) is 5.11. The number of benzene rings is 2.